The summed E-state index contributed by atoms with van der Waals surface area (Å²) in [6.45, 7) is 4.41. The number of imidazole rings is 1. The fraction of sp³-hybridized carbons (Fsp3) is 0.370. The van der Waals surface area contributed by atoms with Crippen LogP contribution >= 0.6 is 22.9 Å². The van der Waals surface area contributed by atoms with Crippen LogP contribution in [0.5, 0.6) is 0 Å². The van der Waals surface area contributed by atoms with Gasteiger partial charge in [-0.15, -0.1) is 0 Å². The molecule has 1 aliphatic carbocycles. The molecule has 1 amide bonds. The lowest BCUT2D eigenvalue weighted by Gasteiger charge is -2.32. The number of nitrogens with one attached hydrogen (secondary N) is 1. The number of pyridine rings is 1. The Morgan fingerprint density at radius 1 is 1.19 bits per heavy atom. The van der Waals surface area contributed by atoms with Crippen LogP contribution in [0.2, 0.25) is 4.34 Å². The SMILES string of the molecule is CC(C)Cc1nc2cnc(-c3nc4ccccc4o3)cc2n1[C@@H]1CCC[C@H](NC(=O)c2ncc(Cl)s2)C1. The van der Waals surface area contributed by atoms with Crippen LogP contribution in [0, 0.1) is 5.92 Å². The van der Waals surface area contributed by atoms with Gasteiger partial charge in [0.1, 0.15) is 26.9 Å². The van der Waals surface area contributed by atoms with Crippen molar-refractivity contribution in [3.05, 3.63) is 57.9 Å². The second-order valence-electron chi connectivity index (χ2n) is 10.0. The van der Waals surface area contributed by atoms with E-state index < -0.39 is 0 Å². The molecule has 2 atom stereocenters. The van der Waals surface area contributed by atoms with E-state index in [1.165, 1.54) is 17.5 Å². The van der Waals surface area contributed by atoms with Crippen molar-refractivity contribution in [1.29, 1.82) is 0 Å². The molecule has 190 valence electrons. The lowest BCUT2D eigenvalue weighted by atomic mass is 9.90. The summed E-state index contributed by atoms with van der Waals surface area (Å²) in [6, 6.07) is 10.0. The molecule has 1 saturated carbocycles. The van der Waals surface area contributed by atoms with Crippen LogP contribution in [-0.4, -0.2) is 36.5 Å². The number of amides is 1. The first kappa shape index (κ1) is 24.1. The van der Waals surface area contributed by atoms with Gasteiger partial charge in [-0.25, -0.2) is 19.9 Å². The maximum absolute atomic E-state index is 12.8. The molecule has 0 spiro atoms. The minimum Gasteiger partial charge on any atom is -0.435 e. The standard InChI is InChI=1S/C27H27ClN6O2S/c1-15(2)10-24-32-20-13-29-19(26-33-18-8-3-4-9-22(18)36-26)12-21(20)34(24)17-7-5-6-16(11-17)31-25(35)27-30-14-23(28)37-27/h3-4,8-9,12-17H,5-7,10-11H2,1-2H3,(H,31,35)/t16-,17+/m0/s1. The maximum atomic E-state index is 12.8. The molecule has 0 unspecified atom stereocenters. The van der Waals surface area contributed by atoms with Gasteiger partial charge in [-0.3, -0.25) is 4.79 Å². The summed E-state index contributed by atoms with van der Waals surface area (Å²) < 4.78 is 8.87. The van der Waals surface area contributed by atoms with E-state index >= 15 is 0 Å². The molecule has 0 bridgehead atoms. The maximum Gasteiger partial charge on any atom is 0.280 e. The molecule has 10 heteroatoms. The predicted octanol–water partition coefficient (Wildman–Crippen LogP) is 6.46. The molecule has 4 aromatic heterocycles. The second kappa shape index (κ2) is 9.87. The number of hydrogen-bond acceptors (Lipinski definition) is 7. The summed E-state index contributed by atoms with van der Waals surface area (Å²) >= 11 is 7.18. The van der Waals surface area contributed by atoms with Crippen molar-refractivity contribution >= 4 is 51.0 Å². The molecule has 4 heterocycles. The number of rotatable bonds is 6. The Hall–Kier alpha value is -3.30. The van der Waals surface area contributed by atoms with Gasteiger partial charge in [0.15, 0.2) is 10.6 Å². The number of fused-ring (bicyclic) bond motifs is 2. The van der Waals surface area contributed by atoms with E-state index in [1.54, 1.807) is 0 Å². The zero-order valence-electron chi connectivity index (χ0n) is 20.6. The zero-order chi connectivity index (χ0) is 25.5. The van der Waals surface area contributed by atoms with E-state index in [-0.39, 0.29) is 18.0 Å². The van der Waals surface area contributed by atoms with Gasteiger partial charge in [0, 0.05) is 18.5 Å². The van der Waals surface area contributed by atoms with Gasteiger partial charge in [0.25, 0.3) is 5.91 Å². The van der Waals surface area contributed by atoms with Gasteiger partial charge < -0.3 is 14.3 Å². The summed E-state index contributed by atoms with van der Waals surface area (Å²) in [6.07, 6.45) is 7.98. The van der Waals surface area contributed by atoms with Gasteiger partial charge in [0.2, 0.25) is 5.89 Å². The molecule has 6 rings (SSSR count). The van der Waals surface area contributed by atoms with Crippen LogP contribution in [0.3, 0.4) is 0 Å². The average molecular weight is 535 g/mol. The van der Waals surface area contributed by atoms with E-state index in [2.05, 4.69) is 38.7 Å². The molecule has 0 radical (unpaired) electrons. The Labute approximate surface area is 223 Å². The third-order valence-corrected chi connectivity index (χ3v) is 7.88. The van der Waals surface area contributed by atoms with Crippen molar-refractivity contribution in [1.82, 2.24) is 29.8 Å². The number of halogens is 1. The number of benzene rings is 1. The summed E-state index contributed by atoms with van der Waals surface area (Å²) in [5.74, 6) is 1.83. The average Bonchev–Trinajstić information content (AvgIpc) is 3.59. The van der Waals surface area contributed by atoms with E-state index in [4.69, 9.17) is 21.0 Å². The van der Waals surface area contributed by atoms with E-state index in [1.807, 2.05) is 36.5 Å². The van der Waals surface area contributed by atoms with Crippen molar-refractivity contribution in [2.45, 2.75) is 58.0 Å². The number of aromatic nitrogens is 5. The Kier molecular flexibility index (Phi) is 6.42. The minimum absolute atomic E-state index is 0.0524. The topological polar surface area (TPSA) is 98.7 Å². The van der Waals surface area contributed by atoms with Crippen molar-refractivity contribution < 1.29 is 9.21 Å². The van der Waals surface area contributed by atoms with Gasteiger partial charge in [-0.05, 0) is 49.8 Å². The fourth-order valence-electron chi connectivity index (χ4n) is 5.20. The molecular formula is C27H27ClN6O2S. The van der Waals surface area contributed by atoms with E-state index in [0.29, 0.717) is 26.8 Å². The first-order chi connectivity index (χ1) is 17.9. The number of nitrogens with zero attached hydrogens (tertiary/aromatic N) is 5. The molecule has 8 nitrogen and oxygen atoms in total. The van der Waals surface area contributed by atoms with Crippen molar-refractivity contribution in [2.75, 3.05) is 0 Å². The number of oxazole rings is 1. The van der Waals surface area contributed by atoms with Gasteiger partial charge in [-0.1, -0.05) is 48.9 Å². The molecule has 37 heavy (non-hydrogen) atoms. The lowest BCUT2D eigenvalue weighted by molar-refractivity contribution is 0.0920. The number of thiazole rings is 1. The van der Waals surface area contributed by atoms with Crippen LogP contribution in [0.4, 0.5) is 0 Å². The molecule has 0 aliphatic heterocycles. The molecular weight excluding hydrogens is 508 g/mol. The molecule has 0 saturated heterocycles. The van der Waals surface area contributed by atoms with Gasteiger partial charge in [0.05, 0.1) is 17.9 Å². The zero-order valence-corrected chi connectivity index (χ0v) is 22.2. The first-order valence-electron chi connectivity index (χ1n) is 12.6. The molecule has 1 aromatic carbocycles. The largest absolute Gasteiger partial charge is 0.435 e. The quantitative estimate of drug-likeness (QED) is 0.268. The summed E-state index contributed by atoms with van der Waals surface area (Å²) in [5, 5.41) is 3.58. The monoisotopic (exact) mass is 534 g/mol. The molecule has 1 fully saturated rings. The van der Waals surface area contributed by atoms with Crippen LogP contribution in [0.25, 0.3) is 33.7 Å². The predicted molar refractivity (Wildman–Crippen MR) is 145 cm³/mol. The smallest absolute Gasteiger partial charge is 0.280 e. The van der Waals surface area contributed by atoms with Crippen LogP contribution in [-0.2, 0) is 6.42 Å². The Morgan fingerprint density at radius 3 is 2.84 bits per heavy atom. The Balaban J connectivity index is 1.34. The summed E-state index contributed by atoms with van der Waals surface area (Å²) in [5.41, 5.74) is 4.11. The van der Waals surface area contributed by atoms with Crippen molar-refractivity contribution in [3.8, 4) is 11.6 Å². The first-order valence-corrected chi connectivity index (χ1v) is 13.8. The van der Waals surface area contributed by atoms with Crippen LogP contribution in [0.1, 0.15) is 61.2 Å². The van der Waals surface area contributed by atoms with E-state index in [0.717, 1.165) is 60.1 Å². The minimum atomic E-state index is -0.164. The Bertz CT molecular complexity index is 1560. The number of carbonyl (C=O) groups excluding carboxylic acids is 1. The number of hydrogen-bond donors (Lipinski definition) is 1. The molecule has 1 N–H and O–H groups in total. The number of carbonyl (C=O) groups is 1. The van der Waals surface area contributed by atoms with Crippen LogP contribution < -0.4 is 5.32 Å². The second-order valence-corrected chi connectivity index (χ2v) is 11.7. The summed E-state index contributed by atoms with van der Waals surface area (Å²) in [7, 11) is 0. The fourth-order valence-corrected chi connectivity index (χ4v) is 6.02. The van der Waals surface area contributed by atoms with Gasteiger partial charge in [-0.2, -0.15) is 0 Å². The normalized spacial score (nSPS) is 18.2. The van der Waals surface area contributed by atoms with E-state index in [9.17, 15) is 4.79 Å². The third-order valence-electron chi connectivity index (χ3n) is 6.77. The highest BCUT2D eigenvalue weighted by molar-refractivity contribution is 7.17. The lowest BCUT2D eigenvalue weighted by Crippen LogP contribution is -2.39. The van der Waals surface area contributed by atoms with Gasteiger partial charge >= 0.3 is 0 Å². The number of para-hydroxylation sites is 2. The highest BCUT2D eigenvalue weighted by Crippen LogP contribution is 2.35. The van der Waals surface area contributed by atoms with Crippen molar-refractivity contribution in [2.24, 2.45) is 5.92 Å². The molecule has 1 aliphatic rings. The summed E-state index contributed by atoms with van der Waals surface area (Å²) in [4.78, 5) is 31.1. The Morgan fingerprint density at radius 2 is 2.05 bits per heavy atom. The highest BCUT2D eigenvalue weighted by atomic mass is 35.5. The van der Waals surface area contributed by atoms with Crippen molar-refractivity contribution in [3.63, 3.8) is 0 Å². The highest BCUT2D eigenvalue weighted by Gasteiger charge is 2.29. The molecule has 5 aromatic rings. The third kappa shape index (κ3) is 4.85. The van der Waals surface area contributed by atoms with Crippen LogP contribution in [0.15, 0.2) is 47.1 Å².